The maximum Gasteiger partial charge on any atom is 0.267 e. The average molecular weight is 385 g/mol. The first kappa shape index (κ1) is 17.7. The molecule has 0 unspecified atom stereocenters. The van der Waals surface area contributed by atoms with Crippen LogP contribution in [0.4, 0.5) is 15.8 Å². The van der Waals surface area contributed by atoms with Gasteiger partial charge in [0.25, 0.3) is 5.91 Å². The predicted molar refractivity (Wildman–Crippen MR) is 106 cm³/mol. The van der Waals surface area contributed by atoms with Crippen molar-refractivity contribution in [3.63, 3.8) is 0 Å². The lowest BCUT2D eigenvalue weighted by molar-refractivity contribution is 0.103. The van der Waals surface area contributed by atoms with E-state index in [1.807, 2.05) is 0 Å². The largest absolute Gasteiger partial charge is 0.463 e. The molecular formula is C20H20FN3O2S. The Morgan fingerprint density at radius 3 is 2.78 bits per heavy atom. The summed E-state index contributed by atoms with van der Waals surface area (Å²) < 4.78 is 16.9. The van der Waals surface area contributed by atoms with E-state index in [-0.39, 0.29) is 5.91 Å². The number of pyridine rings is 1. The summed E-state index contributed by atoms with van der Waals surface area (Å²) in [5.41, 5.74) is 9.73. The third-order valence-corrected chi connectivity index (χ3v) is 5.90. The van der Waals surface area contributed by atoms with Gasteiger partial charge in [-0.05, 0) is 61.6 Å². The monoisotopic (exact) mass is 385 g/mol. The van der Waals surface area contributed by atoms with E-state index in [0.717, 1.165) is 35.2 Å². The van der Waals surface area contributed by atoms with Gasteiger partial charge in [-0.25, -0.2) is 9.37 Å². The van der Waals surface area contributed by atoms with Crippen LogP contribution in [0.1, 0.15) is 40.2 Å². The minimum atomic E-state index is -0.888. The summed E-state index contributed by atoms with van der Waals surface area (Å²) in [5.74, 6) is 0.132. The minimum absolute atomic E-state index is 0.273. The first-order chi connectivity index (χ1) is 13.2. The van der Waals surface area contributed by atoms with Crippen LogP contribution in [-0.4, -0.2) is 17.8 Å². The maximum atomic E-state index is 12.7. The number of thiophene rings is 1. The van der Waals surface area contributed by atoms with E-state index >= 15 is 0 Å². The van der Waals surface area contributed by atoms with Gasteiger partial charge in [-0.3, -0.25) is 4.79 Å². The highest BCUT2D eigenvalue weighted by Gasteiger charge is 2.20. The summed E-state index contributed by atoms with van der Waals surface area (Å²) in [7, 11) is 0. The Kier molecular flexibility index (Phi) is 4.94. The SMILES string of the molecule is Nc1c(C(=O)Nc2ccc(OCF)cc2)sc2nc3c(cc12)CCCCC3. The van der Waals surface area contributed by atoms with Crippen LogP contribution >= 0.6 is 11.3 Å². The second-order valence-electron chi connectivity index (χ2n) is 6.58. The van der Waals surface area contributed by atoms with Gasteiger partial charge in [-0.1, -0.05) is 6.42 Å². The van der Waals surface area contributed by atoms with Crippen LogP contribution < -0.4 is 15.8 Å². The Bertz CT molecular complexity index is 985. The number of carbonyl (C=O) groups excluding carboxylic acids is 1. The maximum absolute atomic E-state index is 12.7. The second kappa shape index (κ2) is 7.52. The Hall–Kier alpha value is -2.67. The van der Waals surface area contributed by atoms with Gasteiger partial charge >= 0.3 is 0 Å². The van der Waals surface area contributed by atoms with Gasteiger partial charge in [-0.2, -0.15) is 0 Å². The van der Waals surface area contributed by atoms with Gasteiger partial charge < -0.3 is 15.8 Å². The normalized spacial score (nSPS) is 13.8. The number of amides is 1. The number of aryl methyl sites for hydroxylation is 2. The van der Waals surface area contributed by atoms with Crippen molar-refractivity contribution >= 4 is 38.8 Å². The van der Waals surface area contributed by atoms with Gasteiger partial charge in [-0.15, -0.1) is 11.3 Å². The molecule has 4 rings (SSSR count). The minimum Gasteiger partial charge on any atom is -0.463 e. The number of nitrogens with two attached hydrogens (primary N) is 1. The summed E-state index contributed by atoms with van der Waals surface area (Å²) in [5, 5.41) is 3.68. The lowest BCUT2D eigenvalue weighted by atomic mass is 10.1. The van der Waals surface area contributed by atoms with E-state index in [1.165, 1.54) is 29.7 Å². The van der Waals surface area contributed by atoms with E-state index in [9.17, 15) is 9.18 Å². The standard InChI is InChI=1S/C20H20FN3O2S/c21-11-26-14-8-6-13(7-9-14)23-19(25)18-17(22)15-10-12-4-2-1-3-5-16(12)24-20(15)27-18/h6-10H,1-5,11,22H2,(H,23,25). The van der Waals surface area contributed by atoms with E-state index < -0.39 is 6.86 Å². The summed E-state index contributed by atoms with van der Waals surface area (Å²) >= 11 is 1.32. The van der Waals surface area contributed by atoms with Crippen LogP contribution in [0.5, 0.6) is 5.75 Å². The molecule has 3 aromatic rings. The molecule has 1 amide bonds. The lowest BCUT2D eigenvalue weighted by Gasteiger charge is -2.06. The van der Waals surface area contributed by atoms with Crippen LogP contribution in [0.3, 0.4) is 0 Å². The van der Waals surface area contributed by atoms with E-state index in [1.54, 1.807) is 24.3 Å². The van der Waals surface area contributed by atoms with Crippen LogP contribution in [0.25, 0.3) is 10.2 Å². The highest BCUT2D eigenvalue weighted by molar-refractivity contribution is 7.21. The molecule has 2 aromatic heterocycles. The molecule has 0 saturated carbocycles. The predicted octanol–water partition coefficient (Wildman–Crippen LogP) is 4.71. The molecule has 0 bridgehead atoms. The summed E-state index contributed by atoms with van der Waals surface area (Å²) in [6, 6.07) is 8.62. The molecule has 2 heterocycles. The zero-order valence-corrected chi connectivity index (χ0v) is 15.6. The van der Waals surface area contributed by atoms with Crippen LogP contribution in [0.2, 0.25) is 0 Å². The average Bonchev–Trinajstić information content (AvgIpc) is 2.84. The van der Waals surface area contributed by atoms with Crippen molar-refractivity contribution in [2.24, 2.45) is 0 Å². The highest BCUT2D eigenvalue weighted by atomic mass is 32.1. The number of nitrogens with one attached hydrogen (secondary N) is 1. The Morgan fingerprint density at radius 2 is 2.00 bits per heavy atom. The molecule has 5 nitrogen and oxygen atoms in total. The summed E-state index contributed by atoms with van der Waals surface area (Å²) in [6.07, 6.45) is 5.55. The molecule has 0 aliphatic heterocycles. The first-order valence-electron chi connectivity index (χ1n) is 8.96. The Balaban J connectivity index is 1.61. The van der Waals surface area contributed by atoms with Crippen LogP contribution in [0.15, 0.2) is 30.3 Å². The number of benzene rings is 1. The fraction of sp³-hybridized carbons (Fsp3) is 0.300. The number of carbonyl (C=O) groups is 1. The molecule has 0 radical (unpaired) electrons. The third kappa shape index (κ3) is 3.60. The summed E-state index contributed by atoms with van der Waals surface area (Å²) in [4.78, 5) is 18.7. The molecule has 1 aromatic carbocycles. The van der Waals surface area contributed by atoms with Crippen molar-refractivity contribution in [3.8, 4) is 5.75 Å². The van der Waals surface area contributed by atoms with Gasteiger partial charge in [0.05, 0.1) is 5.69 Å². The number of ether oxygens (including phenoxy) is 1. The zero-order chi connectivity index (χ0) is 18.8. The van der Waals surface area contributed by atoms with Gasteiger partial charge in [0, 0.05) is 16.8 Å². The van der Waals surface area contributed by atoms with E-state index in [4.69, 9.17) is 15.5 Å². The van der Waals surface area contributed by atoms with Crippen LogP contribution in [-0.2, 0) is 12.8 Å². The van der Waals surface area contributed by atoms with Crippen molar-refractivity contribution in [1.82, 2.24) is 4.98 Å². The number of rotatable bonds is 4. The molecular weight excluding hydrogens is 365 g/mol. The van der Waals surface area contributed by atoms with Crippen molar-refractivity contribution in [1.29, 1.82) is 0 Å². The lowest BCUT2D eigenvalue weighted by Crippen LogP contribution is -2.11. The molecule has 0 atom stereocenters. The summed E-state index contributed by atoms with van der Waals surface area (Å²) in [6.45, 7) is -0.888. The van der Waals surface area contributed by atoms with E-state index in [2.05, 4.69) is 11.4 Å². The number of hydrogen-bond acceptors (Lipinski definition) is 5. The van der Waals surface area contributed by atoms with Gasteiger partial charge in [0.15, 0.2) is 0 Å². The highest BCUT2D eigenvalue weighted by Crippen LogP contribution is 2.35. The molecule has 0 fully saturated rings. The number of halogens is 1. The van der Waals surface area contributed by atoms with Crippen LogP contribution in [0, 0.1) is 0 Å². The smallest absolute Gasteiger partial charge is 0.267 e. The Morgan fingerprint density at radius 1 is 1.22 bits per heavy atom. The number of nitrogen functional groups attached to an aromatic ring is 1. The fourth-order valence-corrected chi connectivity index (χ4v) is 4.38. The molecule has 7 heteroatoms. The quantitative estimate of drug-likeness (QED) is 0.638. The molecule has 0 spiro atoms. The molecule has 27 heavy (non-hydrogen) atoms. The van der Waals surface area contributed by atoms with Crippen molar-refractivity contribution in [3.05, 3.63) is 46.5 Å². The number of fused-ring (bicyclic) bond motifs is 2. The topological polar surface area (TPSA) is 77.2 Å². The molecule has 3 N–H and O–H groups in total. The van der Waals surface area contributed by atoms with Crippen molar-refractivity contribution in [2.45, 2.75) is 32.1 Å². The van der Waals surface area contributed by atoms with Crippen molar-refractivity contribution < 1.29 is 13.9 Å². The molecule has 0 saturated heterocycles. The third-order valence-electron chi connectivity index (χ3n) is 4.79. The number of nitrogens with zero attached hydrogens (tertiary/aromatic N) is 1. The van der Waals surface area contributed by atoms with Crippen molar-refractivity contribution in [2.75, 3.05) is 17.9 Å². The molecule has 1 aliphatic carbocycles. The second-order valence-corrected chi connectivity index (χ2v) is 7.58. The number of hydrogen-bond donors (Lipinski definition) is 2. The Labute approximate surface area is 160 Å². The molecule has 1 aliphatic rings. The van der Waals surface area contributed by atoms with E-state index in [0.29, 0.717) is 22.0 Å². The molecule has 140 valence electrons. The fourth-order valence-electron chi connectivity index (χ4n) is 3.39. The number of aromatic nitrogens is 1. The van der Waals surface area contributed by atoms with Gasteiger partial charge in [0.2, 0.25) is 6.86 Å². The number of anilines is 2. The zero-order valence-electron chi connectivity index (χ0n) is 14.8. The van der Waals surface area contributed by atoms with Gasteiger partial charge in [0.1, 0.15) is 15.5 Å². The first-order valence-corrected chi connectivity index (χ1v) is 9.78. The number of alkyl halides is 1.